The van der Waals surface area contributed by atoms with Gasteiger partial charge in [-0.05, 0) is 24.0 Å². The predicted octanol–water partition coefficient (Wildman–Crippen LogP) is 1.43. The summed E-state index contributed by atoms with van der Waals surface area (Å²) < 4.78 is 10.7. The zero-order valence-corrected chi connectivity index (χ0v) is 13.5. The molecule has 6 heteroatoms. The fourth-order valence-corrected chi connectivity index (χ4v) is 2.91. The molecule has 6 nitrogen and oxygen atoms in total. The fourth-order valence-electron chi connectivity index (χ4n) is 2.91. The first-order valence-electron chi connectivity index (χ1n) is 7.92. The van der Waals surface area contributed by atoms with Gasteiger partial charge in [-0.2, -0.15) is 0 Å². The number of aliphatic carboxylic acids is 1. The van der Waals surface area contributed by atoms with Crippen LogP contribution >= 0.6 is 0 Å². The quantitative estimate of drug-likeness (QED) is 0.705. The van der Waals surface area contributed by atoms with E-state index in [0.717, 1.165) is 24.0 Å². The van der Waals surface area contributed by atoms with Crippen molar-refractivity contribution in [2.75, 3.05) is 33.4 Å². The molecule has 0 bridgehead atoms. The number of ether oxygens (including phenoxy) is 2. The van der Waals surface area contributed by atoms with Crippen LogP contribution in [0, 0.1) is 0 Å². The SMILES string of the molecule is COCCOC1CCN(C(C(=O)O)c2ccc(CO)cc2)CC1. The molecule has 2 N–H and O–H groups in total. The molecule has 0 radical (unpaired) electrons. The summed E-state index contributed by atoms with van der Waals surface area (Å²) >= 11 is 0. The first-order chi connectivity index (χ1) is 11.2. The minimum atomic E-state index is -0.847. The average Bonchev–Trinajstić information content (AvgIpc) is 2.57. The molecule has 1 fully saturated rings. The molecule has 23 heavy (non-hydrogen) atoms. The van der Waals surface area contributed by atoms with Gasteiger partial charge in [-0.25, -0.2) is 0 Å². The normalized spacial score (nSPS) is 18.0. The first kappa shape index (κ1) is 17.9. The molecule has 0 aliphatic carbocycles. The third-order valence-corrected chi connectivity index (χ3v) is 4.19. The third kappa shape index (κ3) is 5.00. The number of nitrogens with zero attached hydrogens (tertiary/aromatic N) is 1. The second kappa shape index (κ2) is 8.98. The number of rotatable bonds is 8. The Kier molecular flexibility index (Phi) is 6.98. The number of piperidine rings is 1. The van der Waals surface area contributed by atoms with Gasteiger partial charge in [0.25, 0.3) is 0 Å². The van der Waals surface area contributed by atoms with Crippen molar-refractivity contribution in [1.29, 1.82) is 0 Å². The number of hydrogen-bond acceptors (Lipinski definition) is 5. The smallest absolute Gasteiger partial charge is 0.325 e. The number of methoxy groups -OCH3 is 1. The van der Waals surface area contributed by atoms with Gasteiger partial charge >= 0.3 is 5.97 Å². The Bertz CT molecular complexity index is 482. The molecular weight excluding hydrogens is 298 g/mol. The summed E-state index contributed by atoms with van der Waals surface area (Å²) in [6.45, 7) is 2.50. The lowest BCUT2D eigenvalue weighted by Gasteiger charge is -2.35. The van der Waals surface area contributed by atoms with Crippen LogP contribution in [0.5, 0.6) is 0 Å². The van der Waals surface area contributed by atoms with Crippen molar-refractivity contribution in [1.82, 2.24) is 4.90 Å². The van der Waals surface area contributed by atoms with Crippen molar-refractivity contribution in [3.8, 4) is 0 Å². The topological polar surface area (TPSA) is 79.2 Å². The van der Waals surface area contributed by atoms with E-state index in [4.69, 9.17) is 14.6 Å². The van der Waals surface area contributed by atoms with E-state index in [1.807, 2.05) is 4.90 Å². The minimum absolute atomic E-state index is 0.0395. The number of aliphatic hydroxyl groups excluding tert-OH is 1. The van der Waals surface area contributed by atoms with Crippen LogP contribution in [0.4, 0.5) is 0 Å². The summed E-state index contributed by atoms with van der Waals surface area (Å²) in [6.07, 6.45) is 1.82. The average molecular weight is 323 g/mol. The number of aliphatic hydroxyl groups is 1. The van der Waals surface area contributed by atoms with E-state index in [9.17, 15) is 9.90 Å². The third-order valence-electron chi connectivity index (χ3n) is 4.19. The second-order valence-corrected chi connectivity index (χ2v) is 5.74. The van der Waals surface area contributed by atoms with E-state index in [0.29, 0.717) is 26.3 Å². The summed E-state index contributed by atoms with van der Waals surface area (Å²) in [5, 5.41) is 18.7. The largest absolute Gasteiger partial charge is 0.480 e. The van der Waals surface area contributed by atoms with Crippen LogP contribution in [-0.2, 0) is 20.9 Å². The summed E-state index contributed by atoms with van der Waals surface area (Å²) in [5.74, 6) is -0.847. The van der Waals surface area contributed by atoms with Gasteiger partial charge < -0.3 is 19.7 Å². The van der Waals surface area contributed by atoms with Crippen molar-refractivity contribution >= 4 is 5.97 Å². The molecule has 1 saturated heterocycles. The van der Waals surface area contributed by atoms with Crippen LogP contribution in [0.3, 0.4) is 0 Å². The summed E-state index contributed by atoms with van der Waals surface area (Å²) in [6, 6.07) is 6.46. The first-order valence-corrected chi connectivity index (χ1v) is 7.92. The number of benzene rings is 1. The molecule has 128 valence electrons. The van der Waals surface area contributed by atoms with Crippen LogP contribution in [0.2, 0.25) is 0 Å². The van der Waals surface area contributed by atoms with Gasteiger partial charge in [0, 0.05) is 20.2 Å². The standard InChI is InChI=1S/C17H25NO5/c1-22-10-11-23-15-6-8-18(9-7-15)16(17(20)21)14-4-2-13(12-19)3-5-14/h2-5,15-16,19H,6-12H2,1H3,(H,20,21). The molecule has 0 amide bonds. The highest BCUT2D eigenvalue weighted by Gasteiger charge is 2.31. The number of hydrogen-bond donors (Lipinski definition) is 2. The molecule has 0 saturated carbocycles. The van der Waals surface area contributed by atoms with Crippen molar-refractivity contribution in [3.63, 3.8) is 0 Å². The molecule has 0 spiro atoms. The Balaban J connectivity index is 1.95. The molecular formula is C17H25NO5. The van der Waals surface area contributed by atoms with E-state index in [2.05, 4.69) is 0 Å². The molecule has 2 rings (SSSR count). The summed E-state index contributed by atoms with van der Waals surface area (Å²) in [5.41, 5.74) is 1.52. The molecule has 1 aliphatic heterocycles. The van der Waals surface area contributed by atoms with Gasteiger partial charge in [0.15, 0.2) is 0 Å². The van der Waals surface area contributed by atoms with Crippen molar-refractivity contribution in [2.45, 2.75) is 31.6 Å². The Morgan fingerprint density at radius 1 is 1.26 bits per heavy atom. The molecule has 1 aromatic rings. The number of carboxylic acids is 1. The highest BCUT2D eigenvalue weighted by atomic mass is 16.5. The Hall–Kier alpha value is -1.47. The maximum Gasteiger partial charge on any atom is 0.325 e. The van der Waals surface area contributed by atoms with Gasteiger partial charge in [-0.3, -0.25) is 9.69 Å². The van der Waals surface area contributed by atoms with E-state index < -0.39 is 12.0 Å². The van der Waals surface area contributed by atoms with Crippen molar-refractivity contribution < 1.29 is 24.5 Å². The lowest BCUT2D eigenvalue weighted by molar-refractivity contribution is -0.145. The van der Waals surface area contributed by atoms with Crippen LogP contribution in [-0.4, -0.2) is 60.6 Å². The van der Waals surface area contributed by atoms with Crippen LogP contribution in [0.25, 0.3) is 0 Å². The number of carboxylic acid groups (broad SMARTS) is 1. The monoisotopic (exact) mass is 323 g/mol. The Morgan fingerprint density at radius 2 is 1.91 bits per heavy atom. The maximum absolute atomic E-state index is 11.7. The highest BCUT2D eigenvalue weighted by Crippen LogP contribution is 2.26. The van der Waals surface area contributed by atoms with Crippen molar-refractivity contribution in [2.24, 2.45) is 0 Å². The maximum atomic E-state index is 11.7. The minimum Gasteiger partial charge on any atom is -0.480 e. The van der Waals surface area contributed by atoms with Crippen LogP contribution in [0.15, 0.2) is 24.3 Å². The van der Waals surface area contributed by atoms with E-state index >= 15 is 0 Å². The highest BCUT2D eigenvalue weighted by molar-refractivity contribution is 5.75. The van der Waals surface area contributed by atoms with Gasteiger partial charge in [0.1, 0.15) is 6.04 Å². The van der Waals surface area contributed by atoms with Gasteiger partial charge in [-0.15, -0.1) is 0 Å². The zero-order chi connectivity index (χ0) is 16.7. The molecule has 1 unspecified atom stereocenters. The van der Waals surface area contributed by atoms with E-state index in [1.54, 1.807) is 31.4 Å². The van der Waals surface area contributed by atoms with Crippen LogP contribution < -0.4 is 0 Å². The summed E-state index contributed by atoms with van der Waals surface area (Å²) in [4.78, 5) is 13.7. The summed E-state index contributed by atoms with van der Waals surface area (Å²) in [7, 11) is 1.64. The molecule has 1 aromatic carbocycles. The molecule has 1 heterocycles. The van der Waals surface area contributed by atoms with Crippen LogP contribution in [0.1, 0.15) is 30.0 Å². The van der Waals surface area contributed by atoms with Gasteiger partial charge in [0.05, 0.1) is 25.9 Å². The zero-order valence-electron chi connectivity index (χ0n) is 13.5. The van der Waals surface area contributed by atoms with Gasteiger partial charge in [0.2, 0.25) is 0 Å². The Labute approximate surface area is 136 Å². The second-order valence-electron chi connectivity index (χ2n) is 5.74. The Morgan fingerprint density at radius 3 is 2.43 bits per heavy atom. The molecule has 0 aromatic heterocycles. The lowest BCUT2D eigenvalue weighted by Crippen LogP contribution is -2.42. The number of carbonyl (C=O) groups is 1. The van der Waals surface area contributed by atoms with Gasteiger partial charge in [-0.1, -0.05) is 24.3 Å². The molecule has 1 atom stereocenters. The lowest BCUT2D eigenvalue weighted by atomic mass is 9.99. The van der Waals surface area contributed by atoms with Crippen molar-refractivity contribution in [3.05, 3.63) is 35.4 Å². The van der Waals surface area contributed by atoms with E-state index in [-0.39, 0.29) is 12.7 Å². The molecule has 1 aliphatic rings. The fraction of sp³-hybridized carbons (Fsp3) is 0.588. The number of likely N-dealkylation sites (tertiary alicyclic amines) is 1. The van der Waals surface area contributed by atoms with E-state index in [1.165, 1.54) is 0 Å². The predicted molar refractivity (Wildman–Crippen MR) is 85.2 cm³/mol.